The number of hydrogen-bond donors (Lipinski definition) is 2. The van der Waals surface area contributed by atoms with Crippen LogP contribution in [0.1, 0.15) is 44.0 Å². The van der Waals surface area contributed by atoms with Gasteiger partial charge in [0.1, 0.15) is 11.6 Å². The molecule has 0 bridgehead atoms. The SMILES string of the molecule is COc1ccccc1N1C(=O)CCN(Cc2ccc(NC(=O)Nc3cc(C(C)(C)C)nn3-c3ccc(C)cc3)cc2)C1=O. The van der Waals surface area contributed by atoms with Crippen LogP contribution >= 0.6 is 0 Å². The van der Waals surface area contributed by atoms with Crippen molar-refractivity contribution in [2.75, 3.05) is 29.2 Å². The van der Waals surface area contributed by atoms with Crippen molar-refractivity contribution in [1.29, 1.82) is 0 Å². The zero-order valence-corrected chi connectivity index (χ0v) is 25.0. The number of amides is 5. The molecule has 5 rings (SSSR count). The highest BCUT2D eigenvalue weighted by atomic mass is 16.5. The summed E-state index contributed by atoms with van der Waals surface area (Å²) in [5.41, 5.74) is 4.51. The van der Waals surface area contributed by atoms with Crippen LogP contribution in [0, 0.1) is 6.92 Å². The molecule has 0 unspecified atom stereocenters. The highest BCUT2D eigenvalue weighted by Crippen LogP contribution is 2.31. The van der Waals surface area contributed by atoms with Crippen LogP contribution in [0.5, 0.6) is 5.75 Å². The highest BCUT2D eigenvalue weighted by molar-refractivity contribution is 6.16. The van der Waals surface area contributed by atoms with Gasteiger partial charge >= 0.3 is 12.1 Å². The molecule has 0 aliphatic carbocycles. The van der Waals surface area contributed by atoms with Crippen molar-refractivity contribution in [2.24, 2.45) is 0 Å². The van der Waals surface area contributed by atoms with Gasteiger partial charge < -0.3 is 15.0 Å². The molecule has 4 aromatic rings. The predicted octanol–water partition coefficient (Wildman–Crippen LogP) is 6.49. The van der Waals surface area contributed by atoms with Gasteiger partial charge in [0.2, 0.25) is 5.91 Å². The molecule has 0 atom stereocenters. The third-order valence-electron chi connectivity index (χ3n) is 7.22. The van der Waals surface area contributed by atoms with Crippen LogP contribution in [-0.2, 0) is 16.8 Å². The zero-order valence-electron chi connectivity index (χ0n) is 25.0. The smallest absolute Gasteiger partial charge is 0.331 e. The van der Waals surface area contributed by atoms with Crippen LogP contribution in [0.4, 0.5) is 26.8 Å². The maximum atomic E-state index is 13.3. The largest absolute Gasteiger partial charge is 0.495 e. The van der Waals surface area contributed by atoms with Gasteiger partial charge in [-0.25, -0.2) is 19.2 Å². The van der Waals surface area contributed by atoms with Crippen LogP contribution in [0.25, 0.3) is 5.69 Å². The third kappa shape index (κ3) is 6.53. The Bertz CT molecular complexity index is 1640. The van der Waals surface area contributed by atoms with Gasteiger partial charge in [-0.05, 0) is 48.9 Å². The molecule has 1 aromatic heterocycles. The molecule has 222 valence electrons. The number of carbonyl (C=O) groups is 3. The van der Waals surface area contributed by atoms with E-state index in [9.17, 15) is 14.4 Å². The van der Waals surface area contributed by atoms with Crippen LogP contribution in [0.3, 0.4) is 0 Å². The molecule has 1 saturated heterocycles. The van der Waals surface area contributed by atoms with Crippen molar-refractivity contribution in [3.05, 3.63) is 95.7 Å². The molecule has 2 heterocycles. The average molecular weight is 581 g/mol. The number of ether oxygens (including phenoxy) is 1. The van der Waals surface area contributed by atoms with E-state index in [0.717, 1.165) is 22.5 Å². The number of anilines is 3. The number of aromatic nitrogens is 2. The minimum atomic E-state index is -0.404. The summed E-state index contributed by atoms with van der Waals surface area (Å²) in [5, 5.41) is 10.6. The first-order valence-corrected chi connectivity index (χ1v) is 14.1. The van der Waals surface area contributed by atoms with E-state index < -0.39 is 12.1 Å². The Labute approximate surface area is 251 Å². The number of imide groups is 1. The van der Waals surface area contributed by atoms with Gasteiger partial charge in [-0.15, -0.1) is 0 Å². The van der Waals surface area contributed by atoms with Crippen molar-refractivity contribution < 1.29 is 19.1 Å². The van der Waals surface area contributed by atoms with Crippen LogP contribution in [-0.4, -0.2) is 46.3 Å². The van der Waals surface area contributed by atoms with Gasteiger partial charge in [0.05, 0.1) is 24.2 Å². The Morgan fingerprint density at radius 1 is 0.953 bits per heavy atom. The molecule has 0 spiro atoms. The maximum absolute atomic E-state index is 13.3. The molecule has 10 heteroatoms. The minimum absolute atomic E-state index is 0.202. The third-order valence-corrected chi connectivity index (χ3v) is 7.22. The predicted molar refractivity (Wildman–Crippen MR) is 167 cm³/mol. The number of carbonyl (C=O) groups excluding carboxylic acids is 3. The average Bonchev–Trinajstić information content (AvgIpc) is 3.40. The van der Waals surface area contributed by atoms with Gasteiger partial charge in [0.25, 0.3) is 0 Å². The lowest BCUT2D eigenvalue weighted by Gasteiger charge is -2.34. The molecule has 5 amide bonds. The molecule has 3 aromatic carbocycles. The fourth-order valence-corrected chi connectivity index (χ4v) is 4.80. The standard InChI is InChI=1S/C33H36N6O4/c1-22-10-16-25(17-11-22)39-29(20-28(36-39)33(2,3)4)35-31(41)34-24-14-12-23(13-15-24)21-37-19-18-30(40)38(32(37)42)26-8-6-7-9-27(26)43-5/h6-17,20H,18-19,21H2,1-5H3,(H2,34,35,41). The topological polar surface area (TPSA) is 109 Å². The fourth-order valence-electron chi connectivity index (χ4n) is 4.80. The second-order valence-electron chi connectivity index (χ2n) is 11.5. The summed E-state index contributed by atoms with van der Waals surface area (Å²) in [4.78, 5) is 41.8. The number of para-hydroxylation sites is 2. The molecule has 2 N–H and O–H groups in total. The Kier molecular flexibility index (Phi) is 8.20. The fraction of sp³-hybridized carbons (Fsp3) is 0.273. The molecule has 1 aliphatic heterocycles. The van der Waals surface area contributed by atoms with Gasteiger partial charge in [-0.2, -0.15) is 5.10 Å². The van der Waals surface area contributed by atoms with E-state index in [-0.39, 0.29) is 17.7 Å². The number of rotatable bonds is 7. The van der Waals surface area contributed by atoms with E-state index in [4.69, 9.17) is 9.84 Å². The van der Waals surface area contributed by atoms with Crippen molar-refractivity contribution in [3.63, 3.8) is 0 Å². The normalized spacial score (nSPS) is 13.7. The monoisotopic (exact) mass is 580 g/mol. The number of benzene rings is 3. The quantitative estimate of drug-likeness (QED) is 0.260. The Hall–Kier alpha value is -5.12. The molecule has 0 radical (unpaired) electrons. The van der Waals surface area contributed by atoms with E-state index in [1.165, 1.54) is 12.0 Å². The van der Waals surface area contributed by atoms with Crippen molar-refractivity contribution >= 4 is 35.2 Å². The van der Waals surface area contributed by atoms with Crippen LogP contribution < -0.4 is 20.3 Å². The Morgan fingerprint density at radius 3 is 2.33 bits per heavy atom. The van der Waals surface area contributed by atoms with Gasteiger partial charge in [-0.3, -0.25) is 10.1 Å². The molecule has 10 nitrogen and oxygen atoms in total. The maximum Gasteiger partial charge on any atom is 0.331 e. The summed E-state index contributed by atoms with van der Waals surface area (Å²) < 4.78 is 7.10. The number of nitrogens with zero attached hydrogens (tertiary/aromatic N) is 4. The first kappa shape index (κ1) is 29.4. The second kappa shape index (κ2) is 12.0. The van der Waals surface area contributed by atoms with Gasteiger partial charge in [0, 0.05) is 36.7 Å². The number of urea groups is 2. The highest BCUT2D eigenvalue weighted by Gasteiger charge is 2.34. The number of nitrogens with one attached hydrogen (secondary N) is 2. The summed E-state index contributed by atoms with van der Waals surface area (Å²) in [7, 11) is 1.51. The Morgan fingerprint density at radius 2 is 1.65 bits per heavy atom. The Balaban J connectivity index is 1.26. The molecular weight excluding hydrogens is 544 g/mol. The molecule has 0 saturated carbocycles. The number of hydrogen-bond acceptors (Lipinski definition) is 5. The van der Waals surface area contributed by atoms with Gasteiger partial charge in [-0.1, -0.05) is 62.7 Å². The summed E-state index contributed by atoms with van der Waals surface area (Å²) >= 11 is 0. The van der Waals surface area contributed by atoms with E-state index in [0.29, 0.717) is 36.0 Å². The molecule has 1 aliphatic rings. The van der Waals surface area contributed by atoms with Crippen molar-refractivity contribution in [2.45, 2.75) is 46.1 Å². The van der Waals surface area contributed by atoms with Crippen molar-refractivity contribution in [3.8, 4) is 11.4 Å². The van der Waals surface area contributed by atoms with Crippen LogP contribution in [0.15, 0.2) is 78.9 Å². The van der Waals surface area contributed by atoms with E-state index in [2.05, 4.69) is 31.4 Å². The molecule has 1 fully saturated rings. The minimum Gasteiger partial charge on any atom is -0.495 e. The van der Waals surface area contributed by atoms with Gasteiger partial charge in [0.15, 0.2) is 0 Å². The molecular formula is C33H36N6O4. The van der Waals surface area contributed by atoms with Crippen LogP contribution in [0.2, 0.25) is 0 Å². The number of aryl methyl sites for hydroxylation is 1. The first-order valence-electron chi connectivity index (χ1n) is 14.1. The lowest BCUT2D eigenvalue weighted by atomic mass is 9.92. The van der Waals surface area contributed by atoms with E-state index in [1.54, 1.807) is 46.0 Å². The van der Waals surface area contributed by atoms with Crippen molar-refractivity contribution in [1.82, 2.24) is 14.7 Å². The van der Waals surface area contributed by atoms with E-state index in [1.807, 2.05) is 49.4 Å². The van der Waals surface area contributed by atoms with E-state index >= 15 is 0 Å². The zero-order chi connectivity index (χ0) is 30.7. The summed E-state index contributed by atoms with van der Waals surface area (Å²) in [5.74, 6) is 0.742. The summed E-state index contributed by atoms with van der Waals surface area (Å²) in [6, 6.07) is 23.3. The second-order valence-corrected chi connectivity index (χ2v) is 11.5. The summed E-state index contributed by atoms with van der Waals surface area (Å²) in [6.45, 7) is 8.88. The summed E-state index contributed by atoms with van der Waals surface area (Å²) in [6.07, 6.45) is 0.208. The lowest BCUT2D eigenvalue weighted by Crippen LogP contribution is -2.52. The number of methoxy groups -OCH3 is 1. The molecule has 43 heavy (non-hydrogen) atoms. The first-order chi connectivity index (χ1) is 20.5. The lowest BCUT2D eigenvalue weighted by molar-refractivity contribution is -0.119.